The van der Waals surface area contributed by atoms with Crippen LogP contribution in [0.1, 0.15) is 53.1 Å². The summed E-state index contributed by atoms with van der Waals surface area (Å²) in [5, 5.41) is 0. The summed E-state index contributed by atoms with van der Waals surface area (Å²) < 4.78 is 6.31. The van der Waals surface area contributed by atoms with Gasteiger partial charge in [0.2, 0.25) is 0 Å². The molecule has 0 saturated heterocycles. The van der Waals surface area contributed by atoms with E-state index in [1.165, 1.54) is 0 Å². The molecule has 0 fully saturated rings. The Hall–Kier alpha value is -0.740. The van der Waals surface area contributed by atoms with Crippen molar-refractivity contribution in [2.24, 2.45) is 0 Å². The predicted octanol–water partition coefficient (Wildman–Crippen LogP) is 3.71. The van der Waals surface area contributed by atoms with Crippen LogP contribution in [0, 0.1) is 4.64 Å². The van der Waals surface area contributed by atoms with Gasteiger partial charge in [0.05, 0.1) is 0 Å². The van der Waals surface area contributed by atoms with Gasteiger partial charge in [-0.2, -0.15) is 0 Å². The van der Waals surface area contributed by atoms with Crippen LogP contribution >= 0.6 is 12.2 Å². The normalized spacial score (nSPS) is 12.8. The molecule has 0 radical (unpaired) electrons. The molecule has 0 amide bonds. The van der Waals surface area contributed by atoms with E-state index in [2.05, 4.69) is 30.7 Å². The molecular formula is C13H22N2OS. The van der Waals surface area contributed by atoms with Gasteiger partial charge in [0.1, 0.15) is 16.1 Å². The van der Waals surface area contributed by atoms with Crippen LogP contribution in [0.25, 0.3) is 0 Å². The molecule has 0 saturated carbocycles. The Balaban J connectivity index is 3.28. The number of rotatable bonds is 3. The molecule has 1 rings (SSSR count). The van der Waals surface area contributed by atoms with Crippen molar-refractivity contribution in [3.05, 3.63) is 22.2 Å². The van der Waals surface area contributed by atoms with Gasteiger partial charge in [0.15, 0.2) is 0 Å². The summed E-state index contributed by atoms with van der Waals surface area (Å²) in [6.45, 7) is 13.0. The molecule has 1 aromatic rings. The lowest BCUT2D eigenvalue weighted by molar-refractivity contribution is -0.0211. The Morgan fingerprint density at radius 2 is 1.88 bits per heavy atom. The lowest BCUT2D eigenvalue weighted by Crippen LogP contribution is -2.27. The number of H-pyrrole nitrogens is 1. The van der Waals surface area contributed by atoms with Crippen molar-refractivity contribution in [1.82, 2.24) is 9.97 Å². The number of aromatic amines is 1. The van der Waals surface area contributed by atoms with E-state index in [4.69, 9.17) is 17.0 Å². The molecule has 0 aromatic carbocycles. The Bertz CT molecular complexity index is 443. The van der Waals surface area contributed by atoms with E-state index in [9.17, 15) is 0 Å². The zero-order valence-electron chi connectivity index (χ0n) is 11.5. The van der Waals surface area contributed by atoms with Gasteiger partial charge >= 0.3 is 0 Å². The van der Waals surface area contributed by atoms with E-state index in [1.54, 1.807) is 0 Å². The second-order valence-electron chi connectivity index (χ2n) is 5.67. The minimum Gasteiger partial charge on any atom is -0.368 e. The zero-order valence-corrected chi connectivity index (χ0v) is 12.4. The van der Waals surface area contributed by atoms with E-state index in [0.717, 1.165) is 11.5 Å². The van der Waals surface area contributed by atoms with Gasteiger partial charge in [-0.25, -0.2) is 4.98 Å². The largest absolute Gasteiger partial charge is 0.368 e. The highest BCUT2D eigenvalue weighted by molar-refractivity contribution is 7.71. The first-order chi connectivity index (χ1) is 7.66. The van der Waals surface area contributed by atoms with Crippen LogP contribution in [0.4, 0.5) is 0 Å². The van der Waals surface area contributed by atoms with E-state index in [-0.39, 0.29) is 5.41 Å². The first-order valence-electron chi connectivity index (χ1n) is 5.93. The van der Waals surface area contributed by atoms with Gasteiger partial charge in [0, 0.05) is 17.7 Å². The fourth-order valence-electron chi connectivity index (χ4n) is 1.58. The average molecular weight is 254 g/mol. The van der Waals surface area contributed by atoms with Gasteiger partial charge in [0.25, 0.3) is 0 Å². The molecular weight excluding hydrogens is 232 g/mol. The van der Waals surface area contributed by atoms with Crippen LogP contribution in [-0.4, -0.2) is 16.6 Å². The highest BCUT2D eigenvalue weighted by atomic mass is 32.1. The molecule has 4 heteroatoms. The van der Waals surface area contributed by atoms with Crippen molar-refractivity contribution in [2.75, 3.05) is 6.61 Å². The Morgan fingerprint density at radius 1 is 1.29 bits per heavy atom. The Kier molecular flexibility index (Phi) is 4.10. The summed E-state index contributed by atoms with van der Waals surface area (Å²) in [5.74, 6) is 0.789. The molecule has 0 aliphatic rings. The summed E-state index contributed by atoms with van der Waals surface area (Å²) in [4.78, 5) is 7.72. The van der Waals surface area contributed by atoms with Gasteiger partial charge in [-0.15, -0.1) is 0 Å². The van der Waals surface area contributed by atoms with E-state index < -0.39 is 5.60 Å². The molecule has 0 atom stereocenters. The van der Waals surface area contributed by atoms with Gasteiger partial charge in [-0.1, -0.05) is 33.0 Å². The summed E-state index contributed by atoms with van der Waals surface area (Å²) in [7, 11) is 0. The number of ether oxygens (including phenoxy) is 1. The molecule has 3 nitrogen and oxygen atoms in total. The number of hydrogen-bond donors (Lipinski definition) is 1. The van der Waals surface area contributed by atoms with Gasteiger partial charge in [-0.05, 0) is 26.8 Å². The third-order valence-corrected chi connectivity index (χ3v) is 2.84. The minimum absolute atomic E-state index is 0.0214. The fourth-order valence-corrected chi connectivity index (χ4v) is 1.79. The smallest absolute Gasteiger partial charge is 0.139 e. The summed E-state index contributed by atoms with van der Waals surface area (Å²) in [6, 6.07) is 1.92. The maximum Gasteiger partial charge on any atom is 0.139 e. The topological polar surface area (TPSA) is 37.9 Å². The van der Waals surface area contributed by atoms with Crippen molar-refractivity contribution >= 4 is 12.2 Å². The quantitative estimate of drug-likeness (QED) is 0.836. The van der Waals surface area contributed by atoms with E-state index >= 15 is 0 Å². The lowest BCUT2D eigenvalue weighted by Gasteiger charge is -2.26. The van der Waals surface area contributed by atoms with Crippen LogP contribution in [0.15, 0.2) is 6.07 Å². The molecule has 1 aromatic heterocycles. The molecule has 0 aliphatic carbocycles. The first kappa shape index (κ1) is 14.3. The second-order valence-corrected chi connectivity index (χ2v) is 6.09. The van der Waals surface area contributed by atoms with Crippen LogP contribution in [0.2, 0.25) is 0 Å². The molecule has 0 aliphatic heterocycles. The summed E-state index contributed by atoms with van der Waals surface area (Å²) in [6.07, 6.45) is 0. The first-order valence-corrected chi connectivity index (χ1v) is 6.34. The molecule has 96 valence electrons. The van der Waals surface area contributed by atoms with Crippen molar-refractivity contribution in [3.63, 3.8) is 0 Å². The number of aromatic nitrogens is 2. The van der Waals surface area contributed by atoms with Crippen LogP contribution in [-0.2, 0) is 15.8 Å². The van der Waals surface area contributed by atoms with Crippen LogP contribution < -0.4 is 0 Å². The SMILES string of the molecule is CCOC(C)(C)c1nc(=S)cc(C(C)(C)C)[nH]1. The van der Waals surface area contributed by atoms with Crippen LogP contribution in [0.5, 0.6) is 0 Å². The van der Waals surface area contributed by atoms with Crippen molar-refractivity contribution in [1.29, 1.82) is 0 Å². The van der Waals surface area contributed by atoms with Gasteiger partial charge in [-0.3, -0.25) is 0 Å². The summed E-state index contributed by atoms with van der Waals surface area (Å²) in [5.41, 5.74) is 0.664. The molecule has 1 N–H and O–H groups in total. The third kappa shape index (κ3) is 3.61. The maximum atomic E-state index is 5.70. The predicted molar refractivity (Wildman–Crippen MR) is 72.8 cm³/mol. The third-order valence-electron chi connectivity index (χ3n) is 2.63. The molecule has 17 heavy (non-hydrogen) atoms. The number of nitrogens with one attached hydrogen (secondary N) is 1. The summed E-state index contributed by atoms with van der Waals surface area (Å²) >= 11 is 5.22. The number of hydrogen-bond acceptors (Lipinski definition) is 3. The van der Waals surface area contributed by atoms with Crippen molar-refractivity contribution in [2.45, 2.75) is 52.6 Å². The minimum atomic E-state index is -0.441. The highest BCUT2D eigenvalue weighted by Crippen LogP contribution is 2.25. The maximum absolute atomic E-state index is 5.70. The monoisotopic (exact) mass is 254 g/mol. The molecule has 0 bridgehead atoms. The van der Waals surface area contributed by atoms with Gasteiger partial charge < -0.3 is 9.72 Å². The lowest BCUT2D eigenvalue weighted by atomic mass is 9.92. The zero-order chi connectivity index (χ0) is 13.3. The second kappa shape index (κ2) is 4.86. The Morgan fingerprint density at radius 3 is 2.35 bits per heavy atom. The molecule has 0 unspecified atom stereocenters. The highest BCUT2D eigenvalue weighted by Gasteiger charge is 2.25. The number of nitrogens with zero attached hydrogens (tertiary/aromatic N) is 1. The fraction of sp³-hybridized carbons (Fsp3) is 0.692. The standard InChI is InChI=1S/C13H22N2OS/c1-7-16-13(5,6)11-14-9(12(2,3)4)8-10(17)15-11/h8H,7H2,1-6H3,(H,14,15,17). The average Bonchev–Trinajstić information content (AvgIpc) is 2.15. The Labute approximate surface area is 109 Å². The molecule has 1 heterocycles. The van der Waals surface area contributed by atoms with Crippen molar-refractivity contribution < 1.29 is 4.74 Å². The molecule has 0 spiro atoms. The van der Waals surface area contributed by atoms with Crippen molar-refractivity contribution in [3.8, 4) is 0 Å². The van der Waals surface area contributed by atoms with E-state index in [1.807, 2.05) is 26.8 Å². The van der Waals surface area contributed by atoms with Crippen LogP contribution in [0.3, 0.4) is 0 Å². The van der Waals surface area contributed by atoms with E-state index in [0.29, 0.717) is 11.2 Å².